The Morgan fingerprint density at radius 1 is 1.38 bits per heavy atom. The van der Waals surface area contributed by atoms with Crippen molar-refractivity contribution in [2.75, 3.05) is 31.6 Å². The average Bonchev–Trinajstić information content (AvgIpc) is 2.35. The zero-order chi connectivity index (χ0) is 12.0. The van der Waals surface area contributed by atoms with E-state index in [0.717, 1.165) is 18.8 Å². The third-order valence-corrected chi connectivity index (χ3v) is 2.43. The van der Waals surface area contributed by atoms with Crippen molar-refractivity contribution in [3.63, 3.8) is 0 Å². The number of benzene rings is 1. The molecule has 1 aromatic rings. The summed E-state index contributed by atoms with van der Waals surface area (Å²) in [7, 11) is 1.38. The van der Waals surface area contributed by atoms with Crippen LogP contribution in [-0.4, -0.2) is 32.7 Å². The number of methoxy groups -OCH3 is 1. The highest BCUT2D eigenvalue weighted by atomic mass is 16.5. The molecule has 1 aromatic carbocycles. The average molecular weight is 222 g/mol. The fourth-order valence-electron chi connectivity index (χ4n) is 1.55. The van der Waals surface area contributed by atoms with Crippen LogP contribution in [0.4, 0.5) is 5.69 Å². The van der Waals surface area contributed by atoms with Gasteiger partial charge in [-0.2, -0.15) is 0 Å². The number of anilines is 1. The van der Waals surface area contributed by atoms with E-state index in [1.165, 1.54) is 7.11 Å². The Hall–Kier alpha value is -1.55. The van der Waals surface area contributed by atoms with Crippen molar-refractivity contribution in [2.24, 2.45) is 5.73 Å². The number of nitrogens with zero attached hydrogens (tertiary/aromatic N) is 1. The maximum absolute atomic E-state index is 11.2. The molecule has 0 spiro atoms. The number of carbonyl (C=O) groups excluding carboxylic acids is 1. The van der Waals surface area contributed by atoms with Crippen molar-refractivity contribution < 1.29 is 9.53 Å². The van der Waals surface area contributed by atoms with E-state index < -0.39 is 0 Å². The van der Waals surface area contributed by atoms with Gasteiger partial charge in [0.1, 0.15) is 0 Å². The molecule has 0 unspecified atom stereocenters. The van der Waals surface area contributed by atoms with Gasteiger partial charge in [-0.25, -0.2) is 4.79 Å². The zero-order valence-electron chi connectivity index (χ0n) is 9.77. The van der Waals surface area contributed by atoms with Crippen LogP contribution in [-0.2, 0) is 4.74 Å². The van der Waals surface area contributed by atoms with E-state index in [0.29, 0.717) is 12.1 Å². The highest BCUT2D eigenvalue weighted by Gasteiger charge is 2.07. The first-order valence-corrected chi connectivity index (χ1v) is 5.36. The van der Waals surface area contributed by atoms with E-state index in [2.05, 4.69) is 16.6 Å². The monoisotopic (exact) mass is 222 g/mol. The molecule has 88 valence electrons. The van der Waals surface area contributed by atoms with Gasteiger partial charge in [0.05, 0.1) is 12.7 Å². The van der Waals surface area contributed by atoms with E-state index in [-0.39, 0.29) is 5.97 Å². The quantitative estimate of drug-likeness (QED) is 0.762. The predicted molar refractivity (Wildman–Crippen MR) is 64.7 cm³/mol. The smallest absolute Gasteiger partial charge is 0.337 e. The number of likely N-dealkylation sites (N-methyl/N-ethyl adjacent to an activating group) is 1. The second-order valence-corrected chi connectivity index (χ2v) is 3.41. The van der Waals surface area contributed by atoms with Gasteiger partial charge in [0.25, 0.3) is 0 Å². The van der Waals surface area contributed by atoms with Crippen molar-refractivity contribution in [3.05, 3.63) is 29.8 Å². The molecule has 0 aliphatic heterocycles. The Kier molecular flexibility index (Phi) is 4.79. The van der Waals surface area contributed by atoms with Crippen LogP contribution in [0.1, 0.15) is 17.3 Å². The Morgan fingerprint density at radius 2 is 2.00 bits per heavy atom. The summed E-state index contributed by atoms with van der Waals surface area (Å²) in [5, 5.41) is 0. The van der Waals surface area contributed by atoms with Crippen LogP contribution in [0.15, 0.2) is 24.3 Å². The summed E-state index contributed by atoms with van der Waals surface area (Å²) in [6.45, 7) is 4.40. The van der Waals surface area contributed by atoms with E-state index >= 15 is 0 Å². The molecule has 0 bridgehead atoms. The first-order chi connectivity index (χ1) is 7.72. The molecule has 1 rings (SSSR count). The van der Waals surface area contributed by atoms with E-state index in [9.17, 15) is 4.79 Å². The molecule has 0 atom stereocenters. The number of nitrogens with two attached hydrogens (primary N) is 1. The Balaban J connectivity index is 2.80. The molecule has 0 aliphatic rings. The molecule has 0 amide bonds. The van der Waals surface area contributed by atoms with Crippen molar-refractivity contribution in [1.29, 1.82) is 0 Å². The molecule has 0 saturated carbocycles. The summed E-state index contributed by atoms with van der Waals surface area (Å²) >= 11 is 0. The summed E-state index contributed by atoms with van der Waals surface area (Å²) in [5.74, 6) is -0.312. The highest BCUT2D eigenvalue weighted by molar-refractivity contribution is 5.89. The van der Waals surface area contributed by atoms with Gasteiger partial charge >= 0.3 is 5.97 Å². The third kappa shape index (κ3) is 2.97. The van der Waals surface area contributed by atoms with Crippen LogP contribution in [0.2, 0.25) is 0 Å². The summed E-state index contributed by atoms with van der Waals surface area (Å²) in [4.78, 5) is 13.4. The summed E-state index contributed by atoms with van der Waals surface area (Å²) in [6.07, 6.45) is 0. The second-order valence-electron chi connectivity index (χ2n) is 3.41. The summed E-state index contributed by atoms with van der Waals surface area (Å²) in [6, 6.07) is 7.34. The molecular formula is C12H18N2O2. The lowest BCUT2D eigenvalue weighted by Crippen LogP contribution is -2.29. The van der Waals surface area contributed by atoms with Crippen LogP contribution in [0, 0.1) is 0 Å². The maximum atomic E-state index is 11.2. The molecule has 2 N–H and O–H groups in total. The minimum Gasteiger partial charge on any atom is -0.465 e. The lowest BCUT2D eigenvalue weighted by Gasteiger charge is -2.22. The van der Waals surface area contributed by atoms with Gasteiger partial charge in [-0.05, 0) is 31.2 Å². The Labute approximate surface area is 96.0 Å². The van der Waals surface area contributed by atoms with Gasteiger partial charge < -0.3 is 15.4 Å². The van der Waals surface area contributed by atoms with Crippen molar-refractivity contribution in [1.82, 2.24) is 0 Å². The number of carbonyl (C=O) groups is 1. The van der Waals surface area contributed by atoms with Gasteiger partial charge in [-0.3, -0.25) is 0 Å². The first kappa shape index (κ1) is 12.5. The Morgan fingerprint density at radius 3 is 2.44 bits per heavy atom. The van der Waals surface area contributed by atoms with E-state index in [1.807, 2.05) is 12.1 Å². The molecule has 16 heavy (non-hydrogen) atoms. The minimum absolute atomic E-state index is 0.312. The minimum atomic E-state index is -0.312. The second kappa shape index (κ2) is 6.12. The zero-order valence-corrected chi connectivity index (χ0v) is 9.77. The molecule has 0 radical (unpaired) electrons. The molecule has 4 nitrogen and oxygen atoms in total. The van der Waals surface area contributed by atoms with Crippen molar-refractivity contribution in [2.45, 2.75) is 6.92 Å². The molecule has 0 fully saturated rings. The van der Waals surface area contributed by atoms with Gasteiger partial charge in [0.15, 0.2) is 0 Å². The summed E-state index contributed by atoms with van der Waals surface area (Å²) in [5.41, 5.74) is 7.16. The fraction of sp³-hybridized carbons (Fsp3) is 0.417. The normalized spacial score (nSPS) is 9.94. The molecule has 0 aliphatic carbocycles. The van der Waals surface area contributed by atoms with Crippen molar-refractivity contribution >= 4 is 11.7 Å². The van der Waals surface area contributed by atoms with Crippen LogP contribution in [0.3, 0.4) is 0 Å². The van der Waals surface area contributed by atoms with Crippen LogP contribution in [0.5, 0.6) is 0 Å². The molecule has 4 heteroatoms. The van der Waals surface area contributed by atoms with Gasteiger partial charge in [-0.1, -0.05) is 0 Å². The van der Waals surface area contributed by atoms with Crippen LogP contribution in [0.25, 0.3) is 0 Å². The number of hydrogen-bond acceptors (Lipinski definition) is 4. The SMILES string of the molecule is CCN(CCN)c1ccc(C(=O)OC)cc1. The lowest BCUT2D eigenvalue weighted by atomic mass is 10.2. The third-order valence-electron chi connectivity index (χ3n) is 2.43. The van der Waals surface area contributed by atoms with E-state index in [1.54, 1.807) is 12.1 Å². The molecule has 0 aromatic heterocycles. The number of ether oxygens (including phenoxy) is 1. The number of esters is 1. The Bertz CT molecular complexity index is 335. The van der Waals surface area contributed by atoms with Gasteiger partial charge in [0.2, 0.25) is 0 Å². The fourth-order valence-corrected chi connectivity index (χ4v) is 1.55. The summed E-state index contributed by atoms with van der Waals surface area (Å²) < 4.78 is 4.64. The maximum Gasteiger partial charge on any atom is 0.337 e. The van der Waals surface area contributed by atoms with Crippen molar-refractivity contribution in [3.8, 4) is 0 Å². The van der Waals surface area contributed by atoms with Gasteiger partial charge in [0, 0.05) is 25.3 Å². The molecular weight excluding hydrogens is 204 g/mol. The topological polar surface area (TPSA) is 55.6 Å². The number of hydrogen-bond donors (Lipinski definition) is 1. The molecule has 0 saturated heterocycles. The van der Waals surface area contributed by atoms with Gasteiger partial charge in [-0.15, -0.1) is 0 Å². The largest absolute Gasteiger partial charge is 0.465 e. The molecule has 0 heterocycles. The van der Waals surface area contributed by atoms with Crippen LogP contribution >= 0.6 is 0 Å². The lowest BCUT2D eigenvalue weighted by molar-refractivity contribution is 0.0601. The standard InChI is InChI=1S/C12H18N2O2/c1-3-14(9-8-13)11-6-4-10(5-7-11)12(15)16-2/h4-7H,3,8-9,13H2,1-2H3. The van der Waals surface area contributed by atoms with E-state index in [4.69, 9.17) is 5.73 Å². The number of rotatable bonds is 5. The highest BCUT2D eigenvalue weighted by Crippen LogP contribution is 2.15. The predicted octanol–water partition coefficient (Wildman–Crippen LogP) is 1.26. The van der Waals surface area contributed by atoms with Crippen LogP contribution < -0.4 is 10.6 Å². The first-order valence-electron chi connectivity index (χ1n) is 5.36.